The molecule has 0 atom stereocenters. The van der Waals surface area contributed by atoms with Crippen molar-refractivity contribution in [2.24, 2.45) is 0 Å². The lowest BCUT2D eigenvalue weighted by atomic mass is 9.93. The number of imide groups is 1. The van der Waals surface area contributed by atoms with Gasteiger partial charge in [-0.3, -0.25) is 29.2 Å². The SMILES string of the molecule is O=C1c2cccc3cc([N+](=O)[O-])cc(c23)C(=O)N1CCCS(=O)(=O)O. The molecule has 25 heavy (non-hydrogen) atoms. The molecule has 2 aromatic rings. The van der Waals surface area contributed by atoms with Crippen LogP contribution in [-0.2, 0) is 10.1 Å². The molecule has 0 bridgehead atoms. The summed E-state index contributed by atoms with van der Waals surface area (Å²) in [5.41, 5.74) is -0.0413. The van der Waals surface area contributed by atoms with Crippen molar-refractivity contribution >= 4 is 38.4 Å². The number of amides is 2. The van der Waals surface area contributed by atoms with Gasteiger partial charge < -0.3 is 0 Å². The molecule has 0 radical (unpaired) electrons. The summed E-state index contributed by atoms with van der Waals surface area (Å²) in [6, 6.07) is 7.02. The molecule has 1 aliphatic heterocycles. The van der Waals surface area contributed by atoms with Crippen molar-refractivity contribution in [3.8, 4) is 0 Å². The average molecular weight is 364 g/mol. The number of carbonyl (C=O) groups excluding carboxylic acids is 2. The number of nitro benzene ring substituents is 1. The van der Waals surface area contributed by atoms with Crippen LogP contribution in [0.25, 0.3) is 10.8 Å². The first-order valence-electron chi connectivity index (χ1n) is 7.21. The van der Waals surface area contributed by atoms with Gasteiger partial charge in [-0.25, -0.2) is 0 Å². The quantitative estimate of drug-likeness (QED) is 0.368. The summed E-state index contributed by atoms with van der Waals surface area (Å²) in [5.74, 6) is -1.93. The largest absolute Gasteiger partial charge is 0.286 e. The zero-order chi connectivity index (χ0) is 18.4. The Balaban J connectivity index is 2.07. The maximum absolute atomic E-state index is 12.6. The van der Waals surface area contributed by atoms with E-state index in [1.165, 1.54) is 12.1 Å². The number of non-ortho nitro benzene ring substituents is 1. The van der Waals surface area contributed by atoms with E-state index in [1.54, 1.807) is 12.1 Å². The average Bonchev–Trinajstić information content (AvgIpc) is 2.54. The summed E-state index contributed by atoms with van der Waals surface area (Å²) < 4.78 is 30.4. The highest BCUT2D eigenvalue weighted by Crippen LogP contribution is 2.33. The van der Waals surface area contributed by atoms with Crippen molar-refractivity contribution < 1.29 is 27.5 Å². The molecule has 1 heterocycles. The fourth-order valence-corrected chi connectivity index (χ4v) is 3.35. The maximum Gasteiger partial charge on any atom is 0.270 e. The zero-order valence-electron chi connectivity index (χ0n) is 12.7. The van der Waals surface area contributed by atoms with Gasteiger partial charge in [-0.05, 0) is 17.9 Å². The third-order valence-corrected chi connectivity index (χ3v) is 4.71. The van der Waals surface area contributed by atoms with Crippen molar-refractivity contribution in [1.82, 2.24) is 4.90 Å². The molecule has 0 spiro atoms. The Bertz CT molecular complexity index is 1030. The molecule has 0 saturated carbocycles. The van der Waals surface area contributed by atoms with Gasteiger partial charge in [0.05, 0.1) is 16.2 Å². The van der Waals surface area contributed by atoms with E-state index in [-0.39, 0.29) is 29.8 Å². The minimum Gasteiger partial charge on any atom is -0.286 e. The molecule has 0 saturated heterocycles. The Hall–Kier alpha value is -2.85. The zero-order valence-corrected chi connectivity index (χ0v) is 13.5. The van der Waals surface area contributed by atoms with Crippen LogP contribution in [0.5, 0.6) is 0 Å². The third-order valence-electron chi connectivity index (χ3n) is 3.91. The fourth-order valence-electron chi connectivity index (χ4n) is 2.86. The molecule has 10 heteroatoms. The molecule has 1 N–H and O–H groups in total. The number of hydrogen-bond donors (Lipinski definition) is 1. The molecule has 0 aliphatic carbocycles. The first kappa shape index (κ1) is 17.0. The molecule has 0 aromatic heterocycles. The Kier molecular flexibility index (Phi) is 4.01. The second-order valence-electron chi connectivity index (χ2n) is 5.56. The van der Waals surface area contributed by atoms with Crippen LogP contribution >= 0.6 is 0 Å². The van der Waals surface area contributed by atoms with Crippen molar-refractivity contribution in [1.29, 1.82) is 0 Å². The lowest BCUT2D eigenvalue weighted by Gasteiger charge is -2.26. The number of nitro groups is 1. The molecule has 9 nitrogen and oxygen atoms in total. The lowest BCUT2D eigenvalue weighted by Crippen LogP contribution is -2.41. The lowest BCUT2D eigenvalue weighted by molar-refractivity contribution is -0.384. The Labute approximate surface area is 141 Å². The monoisotopic (exact) mass is 364 g/mol. The van der Waals surface area contributed by atoms with E-state index in [9.17, 15) is 28.1 Å². The Morgan fingerprint density at radius 1 is 1.12 bits per heavy atom. The molecule has 130 valence electrons. The number of hydrogen-bond acceptors (Lipinski definition) is 6. The standard InChI is InChI=1S/C15H12N2O7S/c18-14-11-4-1-3-9-7-10(17(20)21)8-12(13(9)11)15(19)16(14)5-2-6-25(22,23)24/h1,3-4,7-8H,2,5-6H2,(H,22,23,24). The van der Waals surface area contributed by atoms with Crippen molar-refractivity contribution in [3.63, 3.8) is 0 Å². The summed E-state index contributed by atoms with van der Waals surface area (Å²) in [7, 11) is -4.22. The molecule has 2 amide bonds. The first-order chi connectivity index (χ1) is 11.7. The minimum atomic E-state index is -4.22. The van der Waals surface area contributed by atoms with Crippen LogP contribution in [0.1, 0.15) is 27.1 Å². The second-order valence-corrected chi connectivity index (χ2v) is 7.13. The normalized spacial score (nSPS) is 14.2. The third kappa shape index (κ3) is 3.08. The number of rotatable bonds is 5. The molecular formula is C15H12N2O7S. The van der Waals surface area contributed by atoms with E-state index in [0.717, 1.165) is 11.0 Å². The molecule has 0 unspecified atom stereocenters. The predicted octanol–water partition coefficient (Wildman–Crippen LogP) is 1.62. The van der Waals surface area contributed by atoms with Gasteiger partial charge in [0.25, 0.3) is 27.6 Å². The molecular weight excluding hydrogens is 352 g/mol. The van der Waals surface area contributed by atoms with Crippen LogP contribution in [0.3, 0.4) is 0 Å². The van der Waals surface area contributed by atoms with Gasteiger partial charge >= 0.3 is 0 Å². The predicted molar refractivity (Wildman–Crippen MR) is 87.0 cm³/mol. The van der Waals surface area contributed by atoms with E-state index in [4.69, 9.17) is 4.55 Å². The second kappa shape index (κ2) is 5.90. The minimum absolute atomic E-state index is 0.0197. The van der Waals surface area contributed by atoms with Crippen LogP contribution in [0, 0.1) is 10.1 Å². The molecule has 2 aromatic carbocycles. The topological polar surface area (TPSA) is 135 Å². The highest BCUT2D eigenvalue weighted by atomic mass is 32.2. The van der Waals surface area contributed by atoms with Gasteiger partial charge in [0, 0.05) is 29.6 Å². The van der Waals surface area contributed by atoms with Crippen LogP contribution < -0.4 is 0 Å². The van der Waals surface area contributed by atoms with Crippen LogP contribution in [0.4, 0.5) is 5.69 Å². The van der Waals surface area contributed by atoms with E-state index in [0.29, 0.717) is 10.8 Å². The first-order valence-corrected chi connectivity index (χ1v) is 8.82. The van der Waals surface area contributed by atoms with Crippen LogP contribution in [-0.4, -0.2) is 46.9 Å². The van der Waals surface area contributed by atoms with Crippen molar-refractivity contribution in [3.05, 3.63) is 51.6 Å². The highest BCUT2D eigenvalue weighted by molar-refractivity contribution is 7.85. The number of nitrogens with zero attached hydrogens (tertiary/aromatic N) is 2. The van der Waals surface area contributed by atoms with Crippen LogP contribution in [0.15, 0.2) is 30.3 Å². The maximum atomic E-state index is 12.6. The molecule has 1 aliphatic rings. The van der Waals surface area contributed by atoms with Gasteiger partial charge in [-0.15, -0.1) is 0 Å². The summed E-state index contributed by atoms with van der Waals surface area (Å²) in [6.45, 7) is -0.226. The smallest absolute Gasteiger partial charge is 0.270 e. The van der Waals surface area contributed by atoms with E-state index in [2.05, 4.69) is 0 Å². The fraction of sp³-hybridized carbons (Fsp3) is 0.200. The van der Waals surface area contributed by atoms with E-state index < -0.39 is 32.6 Å². The van der Waals surface area contributed by atoms with Gasteiger partial charge in [0.2, 0.25) is 0 Å². The highest BCUT2D eigenvalue weighted by Gasteiger charge is 2.34. The van der Waals surface area contributed by atoms with Gasteiger partial charge in [0.1, 0.15) is 0 Å². The van der Waals surface area contributed by atoms with Crippen molar-refractivity contribution in [2.45, 2.75) is 6.42 Å². The Morgan fingerprint density at radius 2 is 1.80 bits per heavy atom. The summed E-state index contributed by atoms with van der Waals surface area (Å²) in [5, 5.41) is 11.8. The summed E-state index contributed by atoms with van der Waals surface area (Å²) >= 11 is 0. The van der Waals surface area contributed by atoms with E-state index in [1.807, 2.05) is 0 Å². The Morgan fingerprint density at radius 3 is 2.44 bits per heavy atom. The molecule has 3 rings (SSSR count). The van der Waals surface area contributed by atoms with Gasteiger partial charge in [-0.1, -0.05) is 12.1 Å². The van der Waals surface area contributed by atoms with Crippen molar-refractivity contribution in [2.75, 3.05) is 12.3 Å². The van der Waals surface area contributed by atoms with Crippen LogP contribution in [0.2, 0.25) is 0 Å². The summed E-state index contributed by atoms with van der Waals surface area (Å²) in [4.78, 5) is 36.4. The number of benzene rings is 2. The molecule has 0 fully saturated rings. The van der Waals surface area contributed by atoms with Gasteiger partial charge in [-0.2, -0.15) is 8.42 Å². The van der Waals surface area contributed by atoms with Gasteiger partial charge in [0.15, 0.2) is 0 Å². The summed E-state index contributed by atoms with van der Waals surface area (Å²) in [6.07, 6.45) is -0.142. The number of carbonyl (C=O) groups is 2. The van der Waals surface area contributed by atoms with E-state index >= 15 is 0 Å².